The van der Waals surface area contributed by atoms with Gasteiger partial charge < -0.3 is 9.84 Å². The molecule has 0 aliphatic rings. The summed E-state index contributed by atoms with van der Waals surface area (Å²) in [5, 5.41) is 8.77. The van der Waals surface area contributed by atoms with E-state index in [1.165, 1.54) is 116 Å². The van der Waals surface area contributed by atoms with Crippen molar-refractivity contribution in [3.05, 3.63) is 0 Å². The number of rotatable bonds is 32. The highest BCUT2D eigenvalue weighted by Crippen LogP contribution is 2.19. The number of carbonyl (C=O) groups is 2. The zero-order valence-corrected chi connectivity index (χ0v) is 26.5. The van der Waals surface area contributed by atoms with Crippen molar-refractivity contribution in [3.63, 3.8) is 0 Å². The molecule has 1 atom stereocenters. The molecule has 0 aromatic carbocycles. The molecule has 39 heavy (non-hydrogen) atoms. The van der Waals surface area contributed by atoms with Gasteiger partial charge in [-0.3, -0.25) is 9.59 Å². The summed E-state index contributed by atoms with van der Waals surface area (Å²) in [6.45, 7) is 4.53. The summed E-state index contributed by atoms with van der Waals surface area (Å²) in [5.74, 6) is -0.696. The number of hydrogen-bond donors (Lipinski definition) is 1. The number of hydrogen-bond acceptors (Lipinski definition) is 3. The van der Waals surface area contributed by atoms with Crippen molar-refractivity contribution in [2.24, 2.45) is 0 Å². The minimum Gasteiger partial charge on any atom is -0.481 e. The topological polar surface area (TPSA) is 63.6 Å². The second-order valence-corrected chi connectivity index (χ2v) is 12.1. The Hall–Kier alpha value is -1.06. The van der Waals surface area contributed by atoms with Gasteiger partial charge in [0.1, 0.15) is 6.10 Å². The minimum atomic E-state index is -0.699. The SMILES string of the molecule is CCCCCCCCCCCCCCCCC(=O)OC(CCCCCCCCC)CCCCCCCC(=O)O. The predicted molar refractivity (Wildman–Crippen MR) is 167 cm³/mol. The first-order chi connectivity index (χ1) is 19.1. The highest BCUT2D eigenvalue weighted by molar-refractivity contribution is 5.69. The molecule has 1 N–H and O–H groups in total. The first-order valence-electron chi connectivity index (χ1n) is 17.5. The van der Waals surface area contributed by atoms with Gasteiger partial charge in [0.15, 0.2) is 0 Å². The standard InChI is InChI=1S/C35H68O4/c1-3-5-7-9-11-12-13-14-15-16-17-19-24-28-32-35(38)39-33(29-25-21-18-10-8-6-4-2)30-26-22-20-23-27-31-34(36)37/h33H,3-32H2,1-2H3,(H,36,37). The molecule has 0 rings (SSSR count). The van der Waals surface area contributed by atoms with Gasteiger partial charge in [0.05, 0.1) is 0 Å². The number of esters is 1. The van der Waals surface area contributed by atoms with Gasteiger partial charge in [-0.15, -0.1) is 0 Å². The zero-order valence-electron chi connectivity index (χ0n) is 26.5. The largest absolute Gasteiger partial charge is 0.481 e. The molecule has 0 spiro atoms. The molecular weight excluding hydrogens is 484 g/mol. The molecule has 4 nitrogen and oxygen atoms in total. The smallest absolute Gasteiger partial charge is 0.306 e. The third-order valence-corrected chi connectivity index (χ3v) is 8.08. The number of aliphatic carboxylic acids is 1. The molecule has 0 aliphatic carbocycles. The first-order valence-corrected chi connectivity index (χ1v) is 17.5. The van der Waals surface area contributed by atoms with E-state index >= 15 is 0 Å². The van der Waals surface area contributed by atoms with E-state index in [-0.39, 0.29) is 18.5 Å². The monoisotopic (exact) mass is 553 g/mol. The Morgan fingerprint density at radius 2 is 0.769 bits per heavy atom. The molecule has 232 valence electrons. The Morgan fingerprint density at radius 1 is 0.462 bits per heavy atom. The predicted octanol–water partition coefficient (Wildman–Crippen LogP) is 11.7. The van der Waals surface area contributed by atoms with Crippen LogP contribution in [0.4, 0.5) is 0 Å². The Labute approximate surface area is 243 Å². The average Bonchev–Trinajstić information content (AvgIpc) is 2.91. The van der Waals surface area contributed by atoms with Crippen LogP contribution in [0.15, 0.2) is 0 Å². The molecule has 0 bridgehead atoms. The van der Waals surface area contributed by atoms with Crippen LogP contribution in [0.1, 0.15) is 206 Å². The number of carboxylic acid groups (broad SMARTS) is 1. The summed E-state index contributed by atoms with van der Waals surface area (Å²) in [6, 6.07) is 0. The fraction of sp³-hybridized carbons (Fsp3) is 0.943. The first kappa shape index (κ1) is 37.9. The second kappa shape index (κ2) is 31.5. The Bertz CT molecular complexity index is 519. The number of carboxylic acids is 1. The summed E-state index contributed by atoms with van der Waals surface area (Å²) in [5.41, 5.74) is 0. The summed E-state index contributed by atoms with van der Waals surface area (Å²) in [4.78, 5) is 23.2. The molecular formula is C35H68O4. The van der Waals surface area contributed by atoms with Crippen molar-refractivity contribution in [1.82, 2.24) is 0 Å². The highest BCUT2D eigenvalue weighted by Gasteiger charge is 2.14. The van der Waals surface area contributed by atoms with E-state index < -0.39 is 5.97 Å². The van der Waals surface area contributed by atoms with Gasteiger partial charge in [0, 0.05) is 12.8 Å². The Kier molecular flexibility index (Phi) is 30.6. The maximum atomic E-state index is 12.5. The third-order valence-electron chi connectivity index (χ3n) is 8.08. The number of carbonyl (C=O) groups excluding carboxylic acids is 1. The fourth-order valence-electron chi connectivity index (χ4n) is 5.48. The van der Waals surface area contributed by atoms with Crippen molar-refractivity contribution < 1.29 is 19.4 Å². The van der Waals surface area contributed by atoms with Gasteiger partial charge in [0.2, 0.25) is 0 Å². The number of unbranched alkanes of at least 4 members (excludes halogenated alkanes) is 23. The van der Waals surface area contributed by atoms with Gasteiger partial charge in [-0.1, -0.05) is 155 Å². The maximum absolute atomic E-state index is 12.5. The molecule has 0 aliphatic heterocycles. The van der Waals surface area contributed by atoms with Gasteiger partial charge >= 0.3 is 11.9 Å². The molecule has 0 fully saturated rings. The van der Waals surface area contributed by atoms with Crippen LogP contribution in [0.5, 0.6) is 0 Å². The molecule has 0 aromatic rings. The van der Waals surface area contributed by atoms with Crippen LogP contribution in [-0.2, 0) is 14.3 Å². The maximum Gasteiger partial charge on any atom is 0.306 e. The van der Waals surface area contributed by atoms with Crippen LogP contribution in [0.25, 0.3) is 0 Å². The lowest BCUT2D eigenvalue weighted by Gasteiger charge is -2.18. The van der Waals surface area contributed by atoms with Gasteiger partial charge in [-0.2, -0.15) is 0 Å². The van der Waals surface area contributed by atoms with E-state index in [2.05, 4.69) is 13.8 Å². The van der Waals surface area contributed by atoms with E-state index in [1.54, 1.807) is 0 Å². The van der Waals surface area contributed by atoms with E-state index in [0.717, 1.165) is 64.2 Å². The lowest BCUT2D eigenvalue weighted by Crippen LogP contribution is -2.18. The highest BCUT2D eigenvalue weighted by atomic mass is 16.5. The van der Waals surface area contributed by atoms with Crippen molar-refractivity contribution in [1.29, 1.82) is 0 Å². The van der Waals surface area contributed by atoms with E-state index in [4.69, 9.17) is 9.84 Å². The lowest BCUT2D eigenvalue weighted by atomic mass is 10.0. The van der Waals surface area contributed by atoms with Gasteiger partial charge in [-0.05, 0) is 38.5 Å². The molecule has 1 unspecified atom stereocenters. The van der Waals surface area contributed by atoms with Crippen molar-refractivity contribution >= 4 is 11.9 Å². The lowest BCUT2D eigenvalue weighted by molar-refractivity contribution is -0.150. The molecule has 0 saturated heterocycles. The average molecular weight is 553 g/mol. The normalized spacial score (nSPS) is 12.1. The quantitative estimate of drug-likeness (QED) is 0.0665. The van der Waals surface area contributed by atoms with E-state index in [1.807, 2.05) is 0 Å². The van der Waals surface area contributed by atoms with Crippen LogP contribution < -0.4 is 0 Å². The van der Waals surface area contributed by atoms with Gasteiger partial charge in [-0.25, -0.2) is 0 Å². The van der Waals surface area contributed by atoms with Crippen LogP contribution in [0, 0.1) is 0 Å². The summed E-state index contributed by atoms with van der Waals surface area (Å²) in [7, 11) is 0. The van der Waals surface area contributed by atoms with Crippen LogP contribution in [-0.4, -0.2) is 23.1 Å². The Morgan fingerprint density at radius 3 is 1.13 bits per heavy atom. The van der Waals surface area contributed by atoms with Gasteiger partial charge in [0.25, 0.3) is 0 Å². The van der Waals surface area contributed by atoms with Crippen molar-refractivity contribution in [2.45, 2.75) is 213 Å². The summed E-state index contributed by atoms with van der Waals surface area (Å²) >= 11 is 0. The number of ether oxygens (including phenoxy) is 1. The van der Waals surface area contributed by atoms with Crippen LogP contribution in [0.3, 0.4) is 0 Å². The van der Waals surface area contributed by atoms with E-state index in [9.17, 15) is 9.59 Å². The Balaban J connectivity index is 3.91. The molecule has 0 saturated carbocycles. The van der Waals surface area contributed by atoms with E-state index in [0.29, 0.717) is 6.42 Å². The van der Waals surface area contributed by atoms with Crippen LogP contribution >= 0.6 is 0 Å². The molecule has 0 aromatic heterocycles. The van der Waals surface area contributed by atoms with Crippen molar-refractivity contribution in [2.75, 3.05) is 0 Å². The molecule has 0 radical (unpaired) electrons. The summed E-state index contributed by atoms with van der Waals surface area (Å²) in [6.07, 6.45) is 35.4. The minimum absolute atomic E-state index is 0.00309. The third kappa shape index (κ3) is 31.3. The zero-order chi connectivity index (χ0) is 28.7. The van der Waals surface area contributed by atoms with Crippen molar-refractivity contribution in [3.8, 4) is 0 Å². The summed E-state index contributed by atoms with van der Waals surface area (Å²) < 4.78 is 5.95. The fourth-order valence-corrected chi connectivity index (χ4v) is 5.48. The molecule has 0 amide bonds. The second-order valence-electron chi connectivity index (χ2n) is 12.1. The van der Waals surface area contributed by atoms with Crippen LogP contribution in [0.2, 0.25) is 0 Å². The molecule has 4 heteroatoms. The molecule has 0 heterocycles.